The van der Waals surface area contributed by atoms with Crippen LogP contribution in [-0.2, 0) is 22.9 Å². The number of aromatic amines is 1. The molecular weight excluding hydrogens is 382 g/mol. The number of halogens is 3. The van der Waals surface area contributed by atoms with Gasteiger partial charge >= 0.3 is 0 Å². The summed E-state index contributed by atoms with van der Waals surface area (Å²) in [6.07, 6.45) is 5.41. The summed E-state index contributed by atoms with van der Waals surface area (Å²) in [5, 5.41) is 0.122. The van der Waals surface area contributed by atoms with Gasteiger partial charge in [0.2, 0.25) is 0 Å². The number of sulfonamides is 1. The van der Waals surface area contributed by atoms with E-state index in [1.807, 2.05) is 6.07 Å². The Balaban J connectivity index is 1.78. The van der Waals surface area contributed by atoms with Crippen LogP contribution in [0.3, 0.4) is 0 Å². The van der Waals surface area contributed by atoms with Crippen molar-refractivity contribution in [3.63, 3.8) is 0 Å². The molecule has 1 aliphatic carbocycles. The minimum Gasteiger partial charge on any atom is -0.360 e. The Hall–Kier alpha value is -2.12. The molecule has 4 nitrogen and oxygen atoms in total. The van der Waals surface area contributed by atoms with Crippen LogP contribution < -0.4 is 4.72 Å². The number of H-pyrrole nitrogens is 1. The molecule has 0 unspecified atom stereocenters. The highest BCUT2D eigenvalue weighted by molar-refractivity contribution is 7.93. The van der Waals surface area contributed by atoms with Gasteiger partial charge in [-0.15, -0.1) is 0 Å². The van der Waals surface area contributed by atoms with Crippen molar-refractivity contribution in [3.8, 4) is 0 Å². The van der Waals surface area contributed by atoms with E-state index in [4.69, 9.17) is 11.6 Å². The summed E-state index contributed by atoms with van der Waals surface area (Å²) in [6, 6.07) is 5.15. The number of aromatic nitrogens is 1. The molecule has 1 aromatic heterocycles. The first kappa shape index (κ1) is 17.3. The third kappa shape index (κ3) is 2.85. The van der Waals surface area contributed by atoms with Crippen LogP contribution in [-0.4, -0.2) is 13.4 Å². The molecule has 4 rings (SSSR count). The molecule has 0 spiro atoms. The maximum atomic E-state index is 14.0. The van der Waals surface area contributed by atoms with E-state index >= 15 is 0 Å². The summed E-state index contributed by atoms with van der Waals surface area (Å²) >= 11 is 5.51. The average Bonchev–Trinajstić information content (AvgIpc) is 3.05. The largest absolute Gasteiger partial charge is 0.360 e. The number of benzene rings is 2. The van der Waals surface area contributed by atoms with Crippen LogP contribution in [0.1, 0.15) is 24.0 Å². The van der Waals surface area contributed by atoms with E-state index in [-0.39, 0.29) is 4.90 Å². The van der Waals surface area contributed by atoms with Crippen LogP contribution in [0.15, 0.2) is 35.4 Å². The predicted octanol–water partition coefficient (Wildman–Crippen LogP) is 4.78. The lowest BCUT2D eigenvalue weighted by Gasteiger charge is -2.16. The van der Waals surface area contributed by atoms with Crippen molar-refractivity contribution in [3.05, 3.63) is 58.2 Å². The van der Waals surface area contributed by atoms with Crippen molar-refractivity contribution < 1.29 is 17.2 Å². The molecule has 0 bridgehead atoms. The molecule has 0 fully saturated rings. The van der Waals surface area contributed by atoms with Gasteiger partial charge in [0.1, 0.15) is 16.5 Å². The second-order valence-electron chi connectivity index (χ2n) is 6.34. The molecule has 0 atom stereocenters. The maximum Gasteiger partial charge on any atom is 0.264 e. The van der Waals surface area contributed by atoms with E-state index in [0.29, 0.717) is 5.39 Å². The zero-order valence-electron chi connectivity index (χ0n) is 13.6. The molecule has 26 heavy (non-hydrogen) atoms. The number of anilines is 1. The molecule has 1 aliphatic rings. The third-order valence-electron chi connectivity index (χ3n) is 4.69. The zero-order chi connectivity index (χ0) is 18.5. The molecular formula is C18H15ClF2N2O2S. The molecule has 0 aliphatic heterocycles. The zero-order valence-corrected chi connectivity index (χ0v) is 15.1. The number of hydrogen-bond donors (Lipinski definition) is 2. The molecule has 0 saturated carbocycles. The SMILES string of the molecule is O=S(=O)(Nc1cc(F)c(Cl)cc1F)c1c[nH]c2c3c(ccc12)CCCC3. The van der Waals surface area contributed by atoms with Gasteiger partial charge in [-0.05, 0) is 42.9 Å². The Kier molecular flexibility index (Phi) is 4.16. The second-order valence-corrected chi connectivity index (χ2v) is 8.40. The molecule has 136 valence electrons. The first-order valence-corrected chi connectivity index (χ1v) is 10.0. The summed E-state index contributed by atoms with van der Waals surface area (Å²) in [5.41, 5.74) is 2.64. The van der Waals surface area contributed by atoms with Crippen LogP contribution >= 0.6 is 11.6 Å². The highest BCUT2D eigenvalue weighted by Gasteiger charge is 2.24. The van der Waals surface area contributed by atoms with Gasteiger partial charge in [-0.25, -0.2) is 17.2 Å². The Morgan fingerprint density at radius 1 is 1.08 bits per heavy atom. The molecule has 3 aromatic rings. The Morgan fingerprint density at radius 3 is 2.65 bits per heavy atom. The van der Waals surface area contributed by atoms with Gasteiger partial charge in [0.15, 0.2) is 0 Å². The molecule has 0 radical (unpaired) electrons. The van der Waals surface area contributed by atoms with E-state index in [9.17, 15) is 17.2 Å². The Labute approximate surface area is 154 Å². The Morgan fingerprint density at radius 2 is 1.85 bits per heavy atom. The summed E-state index contributed by atoms with van der Waals surface area (Å²) in [5.74, 6) is -1.85. The van der Waals surface area contributed by atoms with Crippen molar-refractivity contribution in [1.82, 2.24) is 4.98 Å². The predicted molar refractivity (Wildman–Crippen MR) is 97.1 cm³/mol. The number of hydrogen-bond acceptors (Lipinski definition) is 2. The Bertz CT molecular complexity index is 1130. The number of aryl methyl sites for hydroxylation is 2. The molecule has 8 heteroatoms. The van der Waals surface area contributed by atoms with Gasteiger partial charge in [-0.2, -0.15) is 0 Å². The van der Waals surface area contributed by atoms with Crippen LogP contribution in [0, 0.1) is 11.6 Å². The fourth-order valence-corrected chi connectivity index (χ4v) is 4.82. The van der Waals surface area contributed by atoms with Gasteiger partial charge in [-0.3, -0.25) is 4.72 Å². The lowest BCUT2D eigenvalue weighted by Crippen LogP contribution is -2.14. The van der Waals surface area contributed by atoms with Gasteiger partial charge in [-0.1, -0.05) is 23.7 Å². The normalized spacial score (nSPS) is 14.4. The quantitative estimate of drug-likeness (QED) is 0.626. The maximum absolute atomic E-state index is 14.0. The number of nitrogens with one attached hydrogen (secondary N) is 2. The van der Waals surface area contributed by atoms with Gasteiger partial charge in [0, 0.05) is 17.6 Å². The summed E-state index contributed by atoms with van der Waals surface area (Å²) in [6.45, 7) is 0. The molecule has 2 aromatic carbocycles. The topological polar surface area (TPSA) is 62.0 Å². The summed E-state index contributed by atoms with van der Waals surface area (Å²) < 4.78 is 55.1. The molecule has 1 heterocycles. The van der Waals surface area contributed by atoms with Crippen LogP contribution in [0.2, 0.25) is 5.02 Å². The van der Waals surface area contributed by atoms with Crippen LogP contribution in [0.5, 0.6) is 0 Å². The monoisotopic (exact) mass is 396 g/mol. The third-order valence-corrected chi connectivity index (χ3v) is 6.38. The molecule has 0 amide bonds. The van der Waals surface area contributed by atoms with E-state index in [1.54, 1.807) is 6.07 Å². The van der Waals surface area contributed by atoms with Gasteiger partial charge < -0.3 is 4.98 Å². The number of rotatable bonds is 3. The van der Waals surface area contributed by atoms with E-state index < -0.39 is 32.4 Å². The second kappa shape index (κ2) is 6.25. The standard InChI is InChI=1S/C18H15ClF2N2O2S/c19-13-7-15(21)16(8-14(13)20)23-26(24,25)17-9-22-18-11-4-2-1-3-10(11)5-6-12(17)18/h5-9,22-23H,1-4H2. The van der Waals surface area contributed by atoms with Crippen LogP contribution in [0.25, 0.3) is 10.9 Å². The minimum atomic E-state index is -4.11. The first-order chi connectivity index (χ1) is 12.4. The van der Waals surface area contributed by atoms with Crippen LogP contribution in [0.4, 0.5) is 14.5 Å². The van der Waals surface area contributed by atoms with Crippen molar-refractivity contribution in [2.45, 2.75) is 30.6 Å². The summed E-state index contributed by atoms with van der Waals surface area (Å²) in [7, 11) is -4.11. The van der Waals surface area contributed by atoms with Gasteiger partial charge in [0.25, 0.3) is 10.0 Å². The highest BCUT2D eigenvalue weighted by atomic mass is 35.5. The smallest absolute Gasteiger partial charge is 0.264 e. The lowest BCUT2D eigenvalue weighted by molar-refractivity contribution is 0.595. The first-order valence-electron chi connectivity index (χ1n) is 8.16. The van der Waals surface area contributed by atoms with Crippen molar-refractivity contribution >= 4 is 38.2 Å². The van der Waals surface area contributed by atoms with Crippen molar-refractivity contribution in [2.75, 3.05) is 4.72 Å². The van der Waals surface area contributed by atoms with Gasteiger partial charge in [0.05, 0.1) is 16.2 Å². The van der Waals surface area contributed by atoms with E-state index in [2.05, 4.69) is 9.71 Å². The highest BCUT2D eigenvalue weighted by Crippen LogP contribution is 2.33. The number of fused-ring (bicyclic) bond motifs is 3. The van der Waals surface area contributed by atoms with Crippen molar-refractivity contribution in [1.29, 1.82) is 0 Å². The molecule has 2 N–H and O–H groups in total. The van der Waals surface area contributed by atoms with E-state index in [0.717, 1.165) is 48.9 Å². The summed E-state index contributed by atoms with van der Waals surface area (Å²) in [4.78, 5) is 3.03. The fourth-order valence-electron chi connectivity index (χ4n) is 3.44. The fraction of sp³-hybridized carbons (Fsp3) is 0.222. The minimum absolute atomic E-state index is 0.00404. The van der Waals surface area contributed by atoms with E-state index in [1.165, 1.54) is 11.8 Å². The molecule has 0 saturated heterocycles. The van der Waals surface area contributed by atoms with Crippen molar-refractivity contribution in [2.24, 2.45) is 0 Å². The lowest BCUT2D eigenvalue weighted by atomic mass is 9.90. The average molecular weight is 397 g/mol.